The molecule has 1 aromatic carbocycles. The number of aromatic amines is 1. The lowest BCUT2D eigenvalue weighted by Crippen LogP contribution is -2.33. The van der Waals surface area contributed by atoms with Crippen molar-refractivity contribution in [2.24, 2.45) is 5.92 Å². The smallest absolute Gasteiger partial charge is 0.332 e. The minimum atomic E-state index is -0.250. The van der Waals surface area contributed by atoms with E-state index >= 15 is 0 Å². The van der Waals surface area contributed by atoms with Gasteiger partial charge >= 0.3 is 5.69 Å². The number of H-pyrrole nitrogens is 1. The number of methoxy groups -OCH3 is 1. The Bertz CT molecular complexity index is 987. The van der Waals surface area contributed by atoms with Crippen molar-refractivity contribution in [1.29, 1.82) is 0 Å². The maximum absolute atomic E-state index is 12.5. The largest absolute Gasteiger partial charge is 0.497 e. The van der Waals surface area contributed by atoms with Crippen LogP contribution in [0.3, 0.4) is 0 Å². The number of fused-ring (bicyclic) bond motifs is 1. The van der Waals surface area contributed by atoms with Crippen LogP contribution < -0.4 is 15.7 Å². The number of aromatic nitrogens is 4. The van der Waals surface area contributed by atoms with Crippen molar-refractivity contribution in [2.75, 3.05) is 39.1 Å². The summed E-state index contributed by atoms with van der Waals surface area (Å²) >= 11 is 0. The third kappa shape index (κ3) is 3.66. The van der Waals surface area contributed by atoms with E-state index in [0.29, 0.717) is 34.5 Å². The van der Waals surface area contributed by atoms with Gasteiger partial charge in [0.1, 0.15) is 11.3 Å². The summed E-state index contributed by atoms with van der Waals surface area (Å²) in [5.41, 5.74) is 1.60. The SMILES string of the molecule is COc1cccc(-n2c(=O)[nH]c3cnc(NCC4CCN(C)CC4)nc32)c1. The normalized spacial score (nSPS) is 15.9. The molecule has 0 unspecified atom stereocenters. The highest BCUT2D eigenvalue weighted by molar-refractivity contribution is 5.73. The van der Waals surface area contributed by atoms with Crippen LogP contribution in [-0.4, -0.2) is 58.2 Å². The summed E-state index contributed by atoms with van der Waals surface area (Å²) in [4.78, 5) is 26.6. The predicted molar refractivity (Wildman–Crippen MR) is 105 cm³/mol. The number of rotatable bonds is 5. The van der Waals surface area contributed by atoms with Gasteiger partial charge in [0, 0.05) is 12.6 Å². The molecule has 0 bridgehead atoms. The van der Waals surface area contributed by atoms with Crippen molar-refractivity contribution in [2.45, 2.75) is 12.8 Å². The van der Waals surface area contributed by atoms with Crippen LogP contribution >= 0.6 is 0 Å². The summed E-state index contributed by atoms with van der Waals surface area (Å²) < 4.78 is 6.81. The molecule has 27 heavy (non-hydrogen) atoms. The van der Waals surface area contributed by atoms with Gasteiger partial charge in [-0.2, -0.15) is 4.98 Å². The number of nitrogens with zero attached hydrogens (tertiary/aromatic N) is 4. The van der Waals surface area contributed by atoms with Crippen LogP contribution in [0.25, 0.3) is 16.9 Å². The van der Waals surface area contributed by atoms with Gasteiger partial charge in [0.15, 0.2) is 5.65 Å². The Morgan fingerprint density at radius 1 is 1.33 bits per heavy atom. The molecule has 1 aliphatic heterocycles. The Balaban J connectivity index is 1.60. The molecular weight excluding hydrogens is 344 g/mol. The number of ether oxygens (including phenoxy) is 1. The van der Waals surface area contributed by atoms with E-state index < -0.39 is 0 Å². The topological polar surface area (TPSA) is 88.1 Å². The third-order valence-electron chi connectivity index (χ3n) is 5.12. The number of anilines is 1. The fraction of sp³-hybridized carbons (Fsp3) is 0.421. The lowest BCUT2D eigenvalue weighted by molar-refractivity contribution is 0.226. The van der Waals surface area contributed by atoms with Gasteiger partial charge < -0.3 is 19.9 Å². The molecule has 0 aliphatic carbocycles. The van der Waals surface area contributed by atoms with E-state index in [1.807, 2.05) is 24.3 Å². The number of imidazole rings is 1. The summed E-state index contributed by atoms with van der Waals surface area (Å²) in [5, 5.41) is 3.34. The van der Waals surface area contributed by atoms with Gasteiger partial charge in [-0.3, -0.25) is 0 Å². The van der Waals surface area contributed by atoms with Gasteiger partial charge in [0.2, 0.25) is 5.95 Å². The minimum absolute atomic E-state index is 0.250. The molecule has 4 rings (SSSR count). The van der Waals surface area contributed by atoms with Crippen molar-refractivity contribution in [3.05, 3.63) is 40.9 Å². The van der Waals surface area contributed by atoms with E-state index in [9.17, 15) is 4.79 Å². The van der Waals surface area contributed by atoms with Gasteiger partial charge in [-0.1, -0.05) is 6.07 Å². The summed E-state index contributed by atoms with van der Waals surface area (Å²) in [6, 6.07) is 7.35. The second kappa shape index (κ2) is 7.40. The molecule has 142 valence electrons. The van der Waals surface area contributed by atoms with Crippen molar-refractivity contribution in [1.82, 2.24) is 24.4 Å². The second-order valence-electron chi connectivity index (χ2n) is 7.03. The van der Waals surface area contributed by atoms with Crippen LogP contribution in [0.2, 0.25) is 0 Å². The van der Waals surface area contributed by atoms with Crippen LogP contribution in [0.5, 0.6) is 5.75 Å². The summed E-state index contributed by atoms with van der Waals surface area (Å²) in [6.07, 6.45) is 3.99. The summed E-state index contributed by atoms with van der Waals surface area (Å²) in [6.45, 7) is 3.09. The van der Waals surface area contributed by atoms with E-state index in [1.165, 1.54) is 12.8 Å². The van der Waals surface area contributed by atoms with E-state index in [2.05, 4.69) is 32.2 Å². The van der Waals surface area contributed by atoms with Crippen molar-refractivity contribution < 1.29 is 4.74 Å². The lowest BCUT2D eigenvalue weighted by Gasteiger charge is -2.28. The molecule has 1 saturated heterocycles. The standard InChI is InChI=1S/C19H24N6O2/c1-24-8-6-13(7-9-24)11-20-18-21-12-16-17(23-18)25(19(26)22-16)14-4-3-5-15(10-14)27-2/h3-5,10,12-13H,6-9,11H2,1-2H3,(H,22,26)(H,20,21,23). The third-order valence-corrected chi connectivity index (χ3v) is 5.12. The first-order valence-electron chi connectivity index (χ1n) is 9.18. The first-order chi connectivity index (χ1) is 13.1. The fourth-order valence-corrected chi connectivity index (χ4v) is 3.47. The molecule has 0 amide bonds. The van der Waals surface area contributed by atoms with Gasteiger partial charge in [-0.05, 0) is 51.0 Å². The van der Waals surface area contributed by atoms with Gasteiger partial charge in [-0.15, -0.1) is 0 Å². The quantitative estimate of drug-likeness (QED) is 0.715. The Kier molecular flexibility index (Phi) is 4.81. The average molecular weight is 368 g/mol. The number of nitrogens with one attached hydrogen (secondary N) is 2. The van der Waals surface area contributed by atoms with Gasteiger partial charge in [-0.25, -0.2) is 14.3 Å². The minimum Gasteiger partial charge on any atom is -0.497 e. The molecule has 0 saturated carbocycles. The fourth-order valence-electron chi connectivity index (χ4n) is 3.47. The Labute approximate surface area is 157 Å². The monoisotopic (exact) mass is 368 g/mol. The Morgan fingerprint density at radius 3 is 2.93 bits per heavy atom. The highest BCUT2D eigenvalue weighted by atomic mass is 16.5. The lowest BCUT2D eigenvalue weighted by atomic mass is 9.97. The molecular formula is C19H24N6O2. The van der Waals surface area contributed by atoms with Crippen molar-refractivity contribution >= 4 is 17.1 Å². The summed E-state index contributed by atoms with van der Waals surface area (Å²) in [5.74, 6) is 1.84. The van der Waals surface area contributed by atoms with Gasteiger partial charge in [0.05, 0.1) is 19.0 Å². The van der Waals surface area contributed by atoms with Crippen LogP contribution in [0.4, 0.5) is 5.95 Å². The molecule has 2 aromatic heterocycles. The van der Waals surface area contributed by atoms with Crippen LogP contribution in [0.1, 0.15) is 12.8 Å². The van der Waals surface area contributed by atoms with Crippen molar-refractivity contribution in [3.8, 4) is 11.4 Å². The van der Waals surface area contributed by atoms with E-state index in [1.54, 1.807) is 17.9 Å². The van der Waals surface area contributed by atoms with Crippen LogP contribution in [0, 0.1) is 5.92 Å². The molecule has 3 heterocycles. The maximum Gasteiger partial charge on any atom is 0.332 e. The molecule has 8 nitrogen and oxygen atoms in total. The zero-order valence-electron chi connectivity index (χ0n) is 15.6. The number of hydrogen-bond donors (Lipinski definition) is 2. The number of benzene rings is 1. The second-order valence-corrected chi connectivity index (χ2v) is 7.03. The Morgan fingerprint density at radius 2 is 2.15 bits per heavy atom. The first-order valence-corrected chi connectivity index (χ1v) is 9.18. The first kappa shape index (κ1) is 17.5. The molecule has 0 spiro atoms. The zero-order valence-corrected chi connectivity index (χ0v) is 15.6. The number of hydrogen-bond acceptors (Lipinski definition) is 6. The molecule has 0 radical (unpaired) electrons. The van der Waals surface area contributed by atoms with Gasteiger partial charge in [0.25, 0.3) is 0 Å². The molecule has 1 aliphatic rings. The molecule has 3 aromatic rings. The number of likely N-dealkylation sites (tertiary alicyclic amines) is 1. The summed E-state index contributed by atoms with van der Waals surface area (Å²) in [7, 11) is 3.76. The van der Waals surface area contributed by atoms with E-state index in [-0.39, 0.29) is 5.69 Å². The predicted octanol–water partition coefficient (Wildman–Crippen LogP) is 1.87. The number of piperidine rings is 1. The van der Waals surface area contributed by atoms with E-state index in [4.69, 9.17) is 4.74 Å². The Hall–Kier alpha value is -2.87. The molecule has 8 heteroatoms. The highest BCUT2D eigenvalue weighted by Crippen LogP contribution is 2.20. The highest BCUT2D eigenvalue weighted by Gasteiger charge is 2.17. The molecule has 0 atom stereocenters. The molecule has 2 N–H and O–H groups in total. The van der Waals surface area contributed by atoms with Crippen LogP contribution in [-0.2, 0) is 0 Å². The average Bonchev–Trinajstić information content (AvgIpc) is 3.02. The zero-order chi connectivity index (χ0) is 18.8. The van der Waals surface area contributed by atoms with Crippen LogP contribution in [0.15, 0.2) is 35.3 Å². The van der Waals surface area contributed by atoms with E-state index in [0.717, 1.165) is 19.6 Å². The van der Waals surface area contributed by atoms with Crippen molar-refractivity contribution in [3.63, 3.8) is 0 Å². The maximum atomic E-state index is 12.5. The molecule has 1 fully saturated rings.